The van der Waals surface area contributed by atoms with Gasteiger partial charge in [0, 0.05) is 23.5 Å². The first-order valence-corrected chi connectivity index (χ1v) is 9.98. The number of fused-ring (bicyclic) bond motifs is 1. The summed E-state index contributed by atoms with van der Waals surface area (Å²) in [5, 5.41) is 2.71. The average molecular weight is 451 g/mol. The third-order valence-corrected chi connectivity index (χ3v) is 5.04. The molecule has 0 saturated carbocycles. The lowest BCUT2D eigenvalue weighted by atomic mass is 9.92. The Kier molecular flexibility index (Phi) is 6.25. The molecule has 2 aromatic rings. The molecule has 1 aliphatic rings. The molecule has 2 aromatic carbocycles. The van der Waals surface area contributed by atoms with Crippen LogP contribution < -0.4 is 10.2 Å². The lowest BCUT2D eigenvalue weighted by Crippen LogP contribution is -2.46. The molecule has 0 fully saturated rings. The fourth-order valence-corrected chi connectivity index (χ4v) is 3.65. The van der Waals surface area contributed by atoms with E-state index >= 15 is 0 Å². The third-order valence-electron chi connectivity index (χ3n) is 4.72. The zero-order valence-corrected chi connectivity index (χ0v) is 16.7. The van der Waals surface area contributed by atoms with E-state index in [0.29, 0.717) is 16.9 Å². The first-order valence-electron chi connectivity index (χ1n) is 8.95. The van der Waals surface area contributed by atoms with E-state index in [-0.39, 0.29) is 18.5 Å². The standard InChI is InChI=1S/C20H16F3N3O4S/c1-2-18(27)24-13-10-16-15(19(28)25-31(29)30)4-3-5-17(16)26(11-13)14-8-6-12(7-9-14)20(21,22)23/h2-9,13H,1,10-11H2,(H,24,27). The molecule has 0 saturated heterocycles. The lowest BCUT2D eigenvalue weighted by molar-refractivity contribution is -0.137. The van der Waals surface area contributed by atoms with Crippen LogP contribution in [-0.2, 0) is 27.9 Å². The summed E-state index contributed by atoms with van der Waals surface area (Å²) >= 11 is 0. The number of halogens is 3. The number of nitrogens with zero attached hydrogens (tertiary/aromatic N) is 2. The van der Waals surface area contributed by atoms with Gasteiger partial charge in [0.2, 0.25) is 5.91 Å². The molecule has 0 bridgehead atoms. The van der Waals surface area contributed by atoms with Gasteiger partial charge in [0.05, 0.1) is 11.6 Å². The van der Waals surface area contributed by atoms with Gasteiger partial charge < -0.3 is 10.2 Å². The van der Waals surface area contributed by atoms with Gasteiger partial charge in [-0.05, 0) is 54.5 Å². The molecule has 0 radical (unpaired) electrons. The van der Waals surface area contributed by atoms with Crippen LogP contribution in [0.3, 0.4) is 0 Å². The van der Waals surface area contributed by atoms with E-state index in [4.69, 9.17) is 0 Å². The van der Waals surface area contributed by atoms with E-state index in [1.807, 2.05) is 0 Å². The summed E-state index contributed by atoms with van der Waals surface area (Å²) in [6, 6.07) is 8.51. The number of rotatable bonds is 4. The van der Waals surface area contributed by atoms with Crippen LogP contribution in [-0.4, -0.2) is 32.8 Å². The zero-order chi connectivity index (χ0) is 22.8. The number of nitrogens with one attached hydrogen (secondary N) is 1. The number of hydrogen-bond donors (Lipinski definition) is 1. The van der Waals surface area contributed by atoms with Crippen LogP contribution in [0.5, 0.6) is 0 Å². The van der Waals surface area contributed by atoms with Crippen LogP contribution in [0.4, 0.5) is 24.5 Å². The van der Waals surface area contributed by atoms with Gasteiger partial charge in [0.25, 0.3) is 5.91 Å². The minimum atomic E-state index is -4.49. The maximum absolute atomic E-state index is 12.9. The Bertz CT molecular complexity index is 1170. The Balaban J connectivity index is 2.10. The normalized spacial score (nSPS) is 15.6. The Morgan fingerprint density at radius 1 is 1.16 bits per heavy atom. The Morgan fingerprint density at radius 2 is 1.84 bits per heavy atom. The maximum atomic E-state index is 12.9. The number of amides is 2. The summed E-state index contributed by atoms with van der Waals surface area (Å²) in [4.78, 5) is 25.8. The summed E-state index contributed by atoms with van der Waals surface area (Å²) in [6.45, 7) is 3.60. The van der Waals surface area contributed by atoms with Crippen molar-refractivity contribution in [1.29, 1.82) is 0 Å². The minimum absolute atomic E-state index is 0.0242. The molecule has 1 aliphatic heterocycles. The lowest BCUT2D eigenvalue weighted by Gasteiger charge is -2.37. The van der Waals surface area contributed by atoms with Crippen molar-refractivity contribution in [1.82, 2.24) is 5.32 Å². The predicted octanol–water partition coefficient (Wildman–Crippen LogP) is 3.27. The van der Waals surface area contributed by atoms with E-state index in [2.05, 4.69) is 16.3 Å². The molecular weight excluding hydrogens is 435 g/mol. The van der Waals surface area contributed by atoms with Crippen molar-refractivity contribution in [2.24, 2.45) is 4.36 Å². The number of benzene rings is 2. The van der Waals surface area contributed by atoms with Gasteiger partial charge in [-0.2, -0.15) is 21.6 Å². The van der Waals surface area contributed by atoms with Crippen LogP contribution in [0.15, 0.2) is 59.5 Å². The van der Waals surface area contributed by atoms with Crippen LogP contribution >= 0.6 is 0 Å². The smallest absolute Gasteiger partial charge is 0.348 e. The molecule has 1 heterocycles. The summed E-state index contributed by atoms with van der Waals surface area (Å²) in [6.07, 6.45) is -3.23. The molecule has 0 aromatic heterocycles. The van der Waals surface area contributed by atoms with Crippen LogP contribution in [0, 0.1) is 0 Å². The molecule has 162 valence electrons. The SMILES string of the molecule is C=CC(=O)NC1Cc2c(C(=O)N=S(=O)=O)cccc2N(c2ccc(C(F)(F)F)cc2)C1. The molecule has 11 heteroatoms. The summed E-state index contributed by atoms with van der Waals surface area (Å²) in [5.74, 6) is -1.44. The van der Waals surface area contributed by atoms with E-state index in [1.54, 1.807) is 11.0 Å². The van der Waals surface area contributed by atoms with Crippen molar-refractivity contribution < 1.29 is 31.2 Å². The summed E-state index contributed by atoms with van der Waals surface area (Å²) < 4.78 is 63.5. The van der Waals surface area contributed by atoms with Gasteiger partial charge in [0.1, 0.15) is 0 Å². The highest BCUT2D eigenvalue weighted by atomic mass is 32.2. The van der Waals surface area contributed by atoms with E-state index in [1.165, 1.54) is 24.3 Å². The molecule has 0 spiro atoms. The number of alkyl halides is 3. The second-order valence-electron chi connectivity index (χ2n) is 6.69. The van der Waals surface area contributed by atoms with Crippen molar-refractivity contribution in [2.45, 2.75) is 18.6 Å². The topological polar surface area (TPSA) is 95.9 Å². The molecule has 1 N–H and O–H groups in total. The highest BCUT2D eigenvalue weighted by molar-refractivity contribution is 7.62. The van der Waals surface area contributed by atoms with E-state index < -0.39 is 40.1 Å². The quantitative estimate of drug-likeness (QED) is 0.720. The average Bonchev–Trinajstić information content (AvgIpc) is 2.71. The van der Waals surface area contributed by atoms with Crippen LogP contribution in [0.2, 0.25) is 0 Å². The molecule has 7 nitrogen and oxygen atoms in total. The van der Waals surface area contributed by atoms with Crippen molar-refractivity contribution in [2.75, 3.05) is 11.4 Å². The van der Waals surface area contributed by atoms with Gasteiger partial charge in [-0.25, -0.2) is 0 Å². The number of carbonyl (C=O) groups is 2. The van der Waals surface area contributed by atoms with Gasteiger partial charge in [-0.3, -0.25) is 9.59 Å². The van der Waals surface area contributed by atoms with Gasteiger partial charge in [-0.1, -0.05) is 17.0 Å². The fourth-order valence-electron chi connectivity index (χ4n) is 3.42. The van der Waals surface area contributed by atoms with Crippen molar-refractivity contribution in [3.05, 3.63) is 71.8 Å². The first kappa shape index (κ1) is 22.2. The first-order chi connectivity index (χ1) is 14.6. The largest absolute Gasteiger partial charge is 0.416 e. The van der Waals surface area contributed by atoms with Gasteiger partial charge in [0.15, 0.2) is 0 Å². The van der Waals surface area contributed by atoms with Crippen molar-refractivity contribution >= 4 is 33.7 Å². The van der Waals surface area contributed by atoms with Gasteiger partial charge >= 0.3 is 16.7 Å². The van der Waals surface area contributed by atoms with Crippen LogP contribution in [0.25, 0.3) is 0 Å². The van der Waals surface area contributed by atoms with Crippen molar-refractivity contribution in [3.8, 4) is 0 Å². The molecule has 2 amide bonds. The third kappa shape index (κ3) is 5.00. The molecule has 1 unspecified atom stereocenters. The zero-order valence-electron chi connectivity index (χ0n) is 15.9. The molecule has 1 atom stereocenters. The Hall–Kier alpha value is -3.47. The summed E-state index contributed by atoms with van der Waals surface area (Å²) in [5.41, 5.74) is 0.534. The Labute approximate surface area is 176 Å². The highest BCUT2D eigenvalue weighted by Gasteiger charge is 2.32. The monoisotopic (exact) mass is 451 g/mol. The van der Waals surface area contributed by atoms with Crippen molar-refractivity contribution in [3.63, 3.8) is 0 Å². The highest BCUT2D eigenvalue weighted by Crippen LogP contribution is 2.37. The molecule has 31 heavy (non-hydrogen) atoms. The number of carbonyl (C=O) groups excluding carboxylic acids is 2. The Morgan fingerprint density at radius 3 is 2.42 bits per heavy atom. The molecular formula is C20H16F3N3O4S. The molecule has 3 rings (SSSR count). The number of hydrogen-bond acceptors (Lipinski definition) is 5. The minimum Gasteiger partial charge on any atom is -0.348 e. The van der Waals surface area contributed by atoms with E-state index in [0.717, 1.165) is 18.2 Å². The fraction of sp³-hybridized carbons (Fsp3) is 0.200. The van der Waals surface area contributed by atoms with E-state index in [9.17, 15) is 31.2 Å². The number of anilines is 2. The summed E-state index contributed by atoms with van der Waals surface area (Å²) in [7, 11) is -2.95. The second-order valence-corrected chi connectivity index (χ2v) is 7.30. The molecule has 0 aliphatic carbocycles. The predicted molar refractivity (Wildman–Crippen MR) is 106 cm³/mol. The second kappa shape index (κ2) is 8.72. The van der Waals surface area contributed by atoms with Crippen LogP contribution in [0.1, 0.15) is 21.5 Å². The van der Waals surface area contributed by atoms with Gasteiger partial charge in [-0.15, -0.1) is 0 Å². The maximum Gasteiger partial charge on any atom is 0.416 e.